The molecule has 0 aliphatic heterocycles. The normalized spacial score (nSPS) is 10.8. The fraction of sp³-hybridized carbons (Fsp3) is 0.200. The average Bonchev–Trinajstić information content (AvgIpc) is 2.93. The lowest BCUT2D eigenvalue weighted by Crippen LogP contribution is -2.00. The molecule has 96 valence electrons. The van der Waals surface area contributed by atoms with Gasteiger partial charge in [-0.2, -0.15) is 5.10 Å². The molecule has 0 bridgehead atoms. The molecule has 3 aromatic rings. The second kappa shape index (κ2) is 5.10. The van der Waals surface area contributed by atoms with Gasteiger partial charge in [0.1, 0.15) is 0 Å². The highest BCUT2D eigenvalue weighted by Crippen LogP contribution is 2.18. The van der Waals surface area contributed by atoms with Crippen molar-refractivity contribution in [1.82, 2.24) is 14.8 Å². The Hall–Kier alpha value is -2.36. The number of benzene rings is 1. The molecule has 0 fully saturated rings. The minimum absolute atomic E-state index is 0.754. The van der Waals surface area contributed by atoms with Crippen LogP contribution in [0.25, 0.3) is 10.8 Å². The molecule has 2 aromatic heterocycles. The molecule has 0 aliphatic carbocycles. The van der Waals surface area contributed by atoms with Crippen LogP contribution in [0, 0.1) is 0 Å². The summed E-state index contributed by atoms with van der Waals surface area (Å²) in [6.45, 7) is 3.71. The van der Waals surface area contributed by atoms with Gasteiger partial charge >= 0.3 is 0 Å². The Labute approximate surface area is 112 Å². The van der Waals surface area contributed by atoms with E-state index in [1.807, 2.05) is 35.5 Å². The van der Waals surface area contributed by atoms with Gasteiger partial charge in [-0.15, -0.1) is 0 Å². The standard InChI is InChI=1S/C15H16N4/c1-2-19-11-14(10-18-19)17-9-13-8-16-7-12-5-3-4-6-15(12)13/h3-8,10-11,17H,2,9H2,1H3. The first kappa shape index (κ1) is 11.7. The fourth-order valence-electron chi connectivity index (χ4n) is 2.15. The van der Waals surface area contributed by atoms with E-state index in [-0.39, 0.29) is 0 Å². The van der Waals surface area contributed by atoms with Gasteiger partial charge in [0.15, 0.2) is 0 Å². The van der Waals surface area contributed by atoms with Gasteiger partial charge in [0.2, 0.25) is 0 Å². The summed E-state index contributed by atoms with van der Waals surface area (Å²) in [5, 5.41) is 10.0. The topological polar surface area (TPSA) is 42.7 Å². The number of aromatic nitrogens is 3. The predicted molar refractivity (Wildman–Crippen MR) is 77.0 cm³/mol. The van der Waals surface area contributed by atoms with Crippen LogP contribution >= 0.6 is 0 Å². The highest BCUT2D eigenvalue weighted by molar-refractivity contribution is 5.84. The number of fused-ring (bicyclic) bond motifs is 1. The summed E-state index contributed by atoms with van der Waals surface area (Å²) < 4.78 is 1.91. The number of nitrogens with one attached hydrogen (secondary N) is 1. The van der Waals surface area contributed by atoms with Crippen molar-refractivity contribution in [1.29, 1.82) is 0 Å². The van der Waals surface area contributed by atoms with E-state index in [1.54, 1.807) is 0 Å². The number of hydrogen-bond acceptors (Lipinski definition) is 3. The lowest BCUT2D eigenvalue weighted by atomic mass is 10.1. The number of hydrogen-bond donors (Lipinski definition) is 1. The zero-order valence-electron chi connectivity index (χ0n) is 10.9. The van der Waals surface area contributed by atoms with E-state index in [2.05, 4.69) is 40.5 Å². The summed E-state index contributed by atoms with van der Waals surface area (Å²) in [4.78, 5) is 4.29. The Balaban J connectivity index is 1.81. The molecule has 0 spiro atoms. The molecule has 4 heteroatoms. The van der Waals surface area contributed by atoms with Gasteiger partial charge in [-0.1, -0.05) is 24.3 Å². The van der Waals surface area contributed by atoms with E-state index in [0.29, 0.717) is 0 Å². The smallest absolute Gasteiger partial charge is 0.0729 e. The zero-order valence-corrected chi connectivity index (χ0v) is 10.9. The van der Waals surface area contributed by atoms with Crippen molar-refractivity contribution >= 4 is 16.5 Å². The highest BCUT2D eigenvalue weighted by Gasteiger charge is 2.02. The number of aryl methyl sites for hydroxylation is 1. The monoisotopic (exact) mass is 252 g/mol. The molecule has 0 radical (unpaired) electrons. The SMILES string of the molecule is CCn1cc(NCc2cncc3ccccc23)cn1. The first-order valence-corrected chi connectivity index (χ1v) is 6.45. The van der Waals surface area contributed by atoms with E-state index < -0.39 is 0 Å². The lowest BCUT2D eigenvalue weighted by Gasteiger charge is -2.07. The van der Waals surface area contributed by atoms with E-state index in [0.717, 1.165) is 18.8 Å². The number of anilines is 1. The molecular formula is C15H16N4. The van der Waals surface area contributed by atoms with Gasteiger partial charge in [0.05, 0.1) is 11.9 Å². The second-order valence-electron chi connectivity index (χ2n) is 4.46. The summed E-state index contributed by atoms with van der Waals surface area (Å²) in [6.07, 6.45) is 7.67. The molecule has 19 heavy (non-hydrogen) atoms. The Morgan fingerprint density at radius 3 is 2.89 bits per heavy atom. The van der Waals surface area contributed by atoms with Crippen LogP contribution in [0.4, 0.5) is 5.69 Å². The maximum absolute atomic E-state index is 4.29. The lowest BCUT2D eigenvalue weighted by molar-refractivity contribution is 0.660. The maximum atomic E-state index is 4.29. The van der Waals surface area contributed by atoms with Gasteiger partial charge < -0.3 is 5.32 Å². The minimum atomic E-state index is 0.754. The molecule has 0 saturated heterocycles. The Morgan fingerprint density at radius 2 is 2.05 bits per heavy atom. The van der Waals surface area contributed by atoms with Crippen LogP contribution in [-0.4, -0.2) is 14.8 Å². The molecule has 0 aliphatic rings. The van der Waals surface area contributed by atoms with E-state index in [4.69, 9.17) is 0 Å². The Kier molecular flexibility index (Phi) is 3.14. The van der Waals surface area contributed by atoms with Crippen LogP contribution in [0.5, 0.6) is 0 Å². The summed E-state index contributed by atoms with van der Waals surface area (Å²) >= 11 is 0. The first-order valence-electron chi connectivity index (χ1n) is 6.45. The van der Waals surface area contributed by atoms with Gasteiger partial charge in [-0.05, 0) is 17.9 Å². The third kappa shape index (κ3) is 2.42. The molecule has 4 nitrogen and oxygen atoms in total. The van der Waals surface area contributed by atoms with Crippen LogP contribution < -0.4 is 5.32 Å². The molecule has 3 rings (SSSR count). The molecule has 0 unspecified atom stereocenters. The predicted octanol–water partition coefficient (Wildman–Crippen LogP) is 3.06. The largest absolute Gasteiger partial charge is 0.378 e. The van der Waals surface area contributed by atoms with Crippen LogP contribution in [0.2, 0.25) is 0 Å². The molecule has 1 N–H and O–H groups in total. The van der Waals surface area contributed by atoms with Crippen LogP contribution in [0.3, 0.4) is 0 Å². The van der Waals surface area contributed by atoms with Gasteiger partial charge in [0.25, 0.3) is 0 Å². The molecular weight excluding hydrogens is 236 g/mol. The van der Waals surface area contributed by atoms with E-state index >= 15 is 0 Å². The number of nitrogens with zero attached hydrogens (tertiary/aromatic N) is 3. The van der Waals surface area contributed by atoms with Crippen molar-refractivity contribution in [2.45, 2.75) is 20.0 Å². The van der Waals surface area contributed by atoms with Crippen molar-refractivity contribution < 1.29 is 0 Å². The van der Waals surface area contributed by atoms with Gasteiger partial charge in [-0.25, -0.2) is 0 Å². The molecule has 0 atom stereocenters. The maximum Gasteiger partial charge on any atom is 0.0729 e. The average molecular weight is 252 g/mol. The fourth-order valence-corrected chi connectivity index (χ4v) is 2.15. The number of pyridine rings is 1. The summed E-state index contributed by atoms with van der Waals surface area (Å²) in [6, 6.07) is 8.30. The first-order chi connectivity index (χ1) is 9.36. The number of rotatable bonds is 4. The zero-order chi connectivity index (χ0) is 13.1. The summed E-state index contributed by atoms with van der Waals surface area (Å²) in [5.41, 5.74) is 2.23. The third-order valence-electron chi connectivity index (χ3n) is 3.19. The Morgan fingerprint density at radius 1 is 1.16 bits per heavy atom. The van der Waals surface area contributed by atoms with Gasteiger partial charge in [0, 0.05) is 37.1 Å². The van der Waals surface area contributed by atoms with Crippen molar-refractivity contribution in [2.75, 3.05) is 5.32 Å². The van der Waals surface area contributed by atoms with Crippen molar-refractivity contribution in [3.05, 3.63) is 54.6 Å². The van der Waals surface area contributed by atoms with Crippen LogP contribution in [0.1, 0.15) is 12.5 Å². The van der Waals surface area contributed by atoms with Crippen molar-refractivity contribution in [2.24, 2.45) is 0 Å². The quantitative estimate of drug-likeness (QED) is 0.776. The molecule has 0 amide bonds. The summed E-state index contributed by atoms with van der Waals surface area (Å²) in [5.74, 6) is 0. The third-order valence-corrected chi connectivity index (χ3v) is 3.19. The van der Waals surface area contributed by atoms with E-state index in [1.165, 1.54) is 16.3 Å². The summed E-state index contributed by atoms with van der Waals surface area (Å²) in [7, 11) is 0. The Bertz CT molecular complexity index is 682. The van der Waals surface area contributed by atoms with Crippen LogP contribution in [0.15, 0.2) is 49.1 Å². The minimum Gasteiger partial charge on any atom is -0.378 e. The van der Waals surface area contributed by atoms with Crippen molar-refractivity contribution in [3.8, 4) is 0 Å². The van der Waals surface area contributed by atoms with Crippen LogP contribution in [-0.2, 0) is 13.1 Å². The molecule has 1 aromatic carbocycles. The van der Waals surface area contributed by atoms with E-state index in [9.17, 15) is 0 Å². The van der Waals surface area contributed by atoms with Gasteiger partial charge in [-0.3, -0.25) is 9.67 Å². The highest BCUT2D eigenvalue weighted by atomic mass is 15.3. The molecule has 0 saturated carbocycles. The second-order valence-corrected chi connectivity index (χ2v) is 4.46. The van der Waals surface area contributed by atoms with Crippen molar-refractivity contribution in [3.63, 3.8) is 0 Å². The molecule has 2 heterocycles.